The second-order valence-electron chi connectivity index (χ2n) is 20.6. The number of allylic oxidation sites excluding steroid dienone is 3. The highest BCUT2D eigenvalue weighted by atomic mass is 15.2. The number of anilines is 3. The van der Waals surface area contributed by atoms with Crippen molar-refractivity contribution in [2.45, 2.75) is 126 Å². The van der Waals surface area contributed by atoms with Crippen molar-refractivity contribution in [2.24, 2.45) is 5.41 Å². The van der Waals surface area contributed by atoms with Gasteiger partial charge in [0.2, 0.25) is 6.71 Å². The Morgan fingerprint density at radius 2 is 0.962 bits per heavy atom. The van der Waals surface area contributed by atoms with Crippen molar-refractivity contribution in [3.63, 3.8) is 0 Å². The van der Waals surface area contributed by atoms with Crippen LogP contribution >= 0.6 is 0 Å². The third kappa shape index (κ3) is 7.73. The number of rotatable bonds is 2. The van der Waals surface area contributed by atoms with E-state index in [2.05, 4.69) is 217 Å². The normalized spacial score (nSPS) is 17.1. The summed E-state index contributed by atoms with van der Waals surface area (Å²) in [5.74, 6) is 0. The first-order valence-corrected chi connectivity index (χ1v) is 19.6. The summed E-state index contributed by atoms with van der Waals surface area (Å²) in [6.45, 7) is 34.7. The number of benzene rings is 4. The SMILES string of the molecule is CC(C)(C)C1=C\C2=C(c3ccc(C(C)(C)C)cc3)B(c3cc(C(C)(C)C)ccc3N\C=C\1)c1cc(C(C)(C)C)ccc1N2c1ccc(C(C)(C)C)cc1. The molecule has 2 nitrogen and oxygen atoms in total. The molecule has 6 rings (SSSR count). The molecule has 276 valence electrons. The average molecular weight is 703 g/mol. The van der Waals surface area contributed by atoms with Crippen LogP contribution in [0.3, 0.4) is 0 Å². The second kappa shape index (κ2) is 13.3. The third-order valence-electron chi connectivity index (χ3n) is 11.2. The van der Waals surface area contributed by atoms with Gasteiger partial charge in [-0.1, -0.05) is 165 Å². The van der Waals surface area contributed by atoms with E-state index in [0.29, 0.717) is 0 Å². The standard InChI is InChI=1S/C50H63BN2/c1-46(2,3)34-18-16-33(17-19-34)45-44-32-38(50(13,14)15)28-29-52-42-26-22-36(48(7,8)9)30-40(42)51(45)41-31-37(49(10,11)12)23-27-43(41)53(44)39-24-20-35(21-25-39)47(4,5)6/h16-32,52H,1-15H3/b29-28+,38-32-. The lowest BCUT2D eigenvalue weighted by Gasteiger charge is -2.41. The Hall–Kier alpha value is -4.24. The molecule has 3 heteroatoms. The molecular formula is C50H63BN2. The van der Waals surface area contributed by atoms with E-state index in [-0.39, 0.29) is 33.8 Å². The number of hydrogen-bond acceptors (Lipinski definition) is 2. The molecule has 0 unspecified atom stereocenters. The predicted octanol–water partition coefficient (Wildman–Crippen LogP) is 12.5. The van der Waals surface area contributed by atoms with Gasteiger partial charge in [-0.15, -0.1) is 0 Å². The van der Waals surface area contributed by atoms with Crippen molar-refractivity contribution in [3.05, 3.63) is 142 Å². The van der Waals surface area contributed by atoms with Crippen LogP contribution in [-0.2, 0) is 21.7 Å². The van der Waals surface area contributed by atoms with E-state index < -0.39 is 0 Å². The van der Waals surface area contributed by atoms with Crippen LogP contribution in [0.1, 0.15) is 132 Å². The van der Waals surface area contributed by atoms with E-state index >= 15 is 0 Å². The van der Waals surface area contributed by atoms with Gasteiger partial charge in [-0.2, -0.15) is 0 Å². The van der Waals surface area contributed by atoms with Crippen LogP contribution in [0.5, 0.6) is 0 Å². The zero-order valence-corrected chi connectivity index (χ0v) is 35.3. The van der Waals surface area contributed by atoms with E-state index in [9.17, 15) is 0 Å². The molecule has 53 heavy (non-hydrogen) atoms. The fraction of sp³-hybridized carbons (Fsp3) is 0.400. The van der Waals surface area contributed by atoms with Crippen LogP contribution in [0, 0.1) is 5.41 Å². The summed E-state index contributed by atoms with van der Waals surface area (Å²) in [7, 11) is 0. The molecule has 0 spiro atoms. The van der Waals surface area contributed by atoms with Gasteiger partial charge in [-0.25, -0.2) is 0 Å². The van der Waals surface area contributed by atoms with E-state index in [4.69, 9.17) is 0 Å². The molecule has 0 atom stereocenters. The molecule has 4 aromatic rings. The zero-order valence-electron chi connectivity index (χ0n) is 35.3. The van der Waals surface area contributed by atoms with Gasteiger partial charge in [0, 0.05) is 29.0 Å². The highest BCUT2D eigenvalue weighted by Crippen LogP contribution is 2.44. The van der Waals surface area contributed by atoms with Crippen LogP contribution in [0.15, 0.2) is 115 Å². The van der Waals surface area contributed by atoms with Gasteiger partial charge in [0.25, 0.3) is 0 Å². The van der Waals surface area contributed by atoms with E-state index in [0.717, 1.165) is 5.69 Å². The average Bonchev–Trinajstić information content (AvgIpc) is 3.05. The molecule has 1 N–H and O–H groups in total. The van der Waals surface area contributed by atoms with Crippen LogP contribution in [0.2, 0.25) is 0 Å². The lowest BCUT2D eigenvalue weighted by atomic mass is 9.33. The summed E-state index contributed by atoms with van der Waals surface area (Å²) in [6.07, 6.45) is 6.92. The van der Waals surface area contributed by atoms with Gasteiger partial charge in [0.05, 0.1) is 0 Å². The molecular weight excluding hydrogens is 639 g/mol. The van der Waals surface area contributed by atoms with Gasteiger partial charge in [-0.3, -0.25) is 0 Å². The molecule has 2 aliphatic rings. The molecule has 4 aromatic carbocycles. The third-order valence-corrected chi connectivity index (χ3v) is 11.2. The molecule has 0 saturated heterocycles. The number of fused-ring (bicyclic) bond motifs is 5. The Balaban J connectivity index is 1.82. The predicted molar refractivity (Wildman–Crippen MR) is 235 cm³/mol. The molecule has 0 fully saturated rings. The summed E-state index contributed by atoms with van der Waals surface area (Å²) in [4.78, 5) is 2.56. The number of nitrogens with one attached hydrogen (secondary N) is 1. The highest BCUT2D eigenvalue weighted by molar-refractivity contribution is 7.02. The Kier molecular flexibility index (Phi) is 9.63. The molecule has 0 amide bonds. The van der Waals surface area contributed by atoms with Crippen LogP contribution in [-0.4, -0.2) is 6.71 Å². The molecule has 2 aliphatic heterocycles. The molecule has 2 heterocycles. The largest absolute Gasteiger partial charge is 0.362 e. The van der Waals surface area contributed by atoms with Crippen LogP contribution in [0.25, 0.3) is 5.47 Å². The Bertz CT molecular complexity index is 2090. The van der Waals surface area contributed by atoms with Crippen molar-refractivity contribution in [2.75, 3.05) is 10.2 Å². The Morgan fingerprint density at radius 3 is 1.47 bits per heavy atom. The van der Waals surface area contributed by atoms with E-state index in [1.54, 1.807) is 0 Å². The molecule has 0 radical (unpaired) electrons. The molecule has 0 saturated carbocycles. The highest BCUT2D eigenvalue weighted by Gasteiger charge is 2.40. The van der Waals surface area contributed by atoms with E-state index in [1.165, 1.54) is 66.9 Å². The smallest absolute Gasteiger partial charge is 0.250 e. The second-order valence-corrected chi connectivity index (χ2v) is 20.6. The Morgan fingerprint density at radius 1 is 0.491 bits per heavy atom. The zero-order chi connectivity index (χ0) is 38.9. The number of hydrogen-bond donors (Lipinski definition) is 1. The van der Waals surface area contributed by atoms with Crippen molar-refractivity contribution < 1.29 is 0 Å². The van der Waals surface area contributed by atoms with E-state index in [1.807, 2.05) is 0 Å². The van der Waals surface area contributed by atoms with Gasteiger partial charge < -0.3 is 10.2 Å². The lowest BCUT2D eigenvalue weighted by molar-refractivity contribution is 0.516. The summed E-state index contributed by atoms with van der Waals surface area (Å²) in [5.41, 5.74) is 16.6. The lowest BCUT2D eigenvalue weighted by Crippen LogP contribution is -2.51. The van der Waals surface area contributed by atoms with Gasteiger partial charge >= 0.3 is 0 Å². The molecule has 2 bridgehead atoms. The quantitative estimate of drug-likeness (QED) is 0.209. The topological polar surface area (TPSA) is 15.3 Å². The summed E-state index contributed by atoms with van der Waals surface area (Å²) in [6, 6.07) is 33.2. The van der Waals surface area contributed by atoms with Crippen molar-refractivity contribution >= 4 is 40.2 Å². The van der Waals surface area contributed by atoms with Crippen molar-refractivity contribution in [1.82, 2.24) is 0 Å². The first-order valence-electron chi connectivity index (χ1n) is 19.6. The van der Waals surface area contributed by atoms with Crippen molar-refractivity contribution in [1.29, 1.82) is 0 Å². The molecule has 0 aromatic heterocycles. The maximum Gasteiger partial charge on any atom is 0.250 e. The molecule has 0 aliphatic carbocycles. The maximum atomic E-state index is 3.80. The minimum Gasteiger partial charge on any atom is -0.362 e. The van der Waals surface area contributed by atoms with Crippen molar-refractivity contribution in [3.8, 4) is 0 Å². The van der Waals surface area contributed by atoms with Gasteiger partial charge in [-0.05, 0) is 113 Å². The fourth-order valence-corrected chi connectivity index (χ4v) is 7.61. The van der Waals surface area contributed by atoms with Gasteiger partial charge in [0.15, 0.2) is 0 Å². The minimum atomic E-state index is -0.0991. The summed E-state index contributed by atoms with van der Waals surface area (Å²) in [5, 5.41) is 3.80. The monoisotopic (exact) mass is 703 g/mol. The maximum absolute atomic E-state index is 3.80. The summed E-state index contributed by atoms with van der Waals surface area (Å²) < 4.78 is 0. The fourth-order valence-electron chi connectivity index (χ4n) is 7.61. The summed E-state index contributed by atoms with van der Waals surface area (Å²) >= 11 is 0. The minimum absolute atomic E-state index is 0.00779. The van der Waals surface area contributed by atoms with Crippen LogP contribution < -0.4 is 21.1 Å². The first-order chi connectivity index (χ1) is 24.4. The first kappa shape index (κ1) is 38.5. The Labute approximate surface area is 322 Å². The van der Waals surface area contributed by atoms with Gasteiger partial charge in [0.1, 0.15) is 0 Å². The number of nitrogens with zero attached hydrogens (tertiary/aromatic N) is 1. The van der Waals surface area contributed by atoms with Crippen LogP contribution in [0.4, 0.5) is 17.1 Å².